The fourth-order valence-corrected chi connectivity index (χ4v) is 6.96. The monoisotopic (exact) mass is 792 g/mol. The van der Waals surface area contributed by atoms with Crippen molar-refractivity contribution >= 4 is 30.1 Å². The number of nitrogens with one attached hydrogen (secondary N) is 4. The SMILES string of the molecule is CC(C)C[C@H](NC(=O)OCc1ccccc1)C(=O)N[C@@H](Cc1ccccc1)C(=O)N[C@H](/C=C/C=O)CCC(=O)NC(c1ccccc1)(c1ccccc1)c1ccccc1. The minimum absolute atomic E-state index is 0.0103. The summed E-state index contributed by atoms with van der Waals surface area (Å²) >= 11 is 0. The third kappa shape index (κ3) is 12.8. The van der Waals surface area contributed by atoms with E-state index in [4.69, 9.17) is 4.74 Å². The first-order valence-corrected chi connectivity index (χ1v) is 19.9. The number of carbonyl (C=O) groups excluding carboxylic acids is 5. The van der Waals surface area contributed by atoms with Crippen LogP contribution in [0.5, 0.6) is 0 Å². The van der Waals surface area contributed by atoms with Gasteiger partial charge in [-0.1, -0.05) is 172 Å². The van der Waals surface area contributed by atoms with Gasteiger partial charge in [-0.25, -0.2) is 4.79 Å². The molecule has 0 aliphatic heterocycles. The van der Waals surface area contributed by atoms with Gasteiger partial charge in [-0.15, -0.1) is 0 Å². The summed E-state index contributed by atoms with van der Waals surface area (Å²) in [6, 6.07) is 44.9. The molecule has 0 bridgehead atoms. The first-order chi connectivity index (χ1) is 28.7. The van der Waals surface area contributed by atoms with Crippen LogP contribution in [0.25, 0.3) is 0 Å². The maximum atomic E-state index is 14.2. The number of carbonyl (C=O) groups is 5. The molecular formula is C49H52N4O6. The molecule has 304 valence electrons. The second-order valence-corrected chi connectivity index (χ2v) is 14.7. The van der Waals surface area contributed by atoms with Crippen LogP contribution in [0.4, 0.5) is 4.79 Å². The Balaban J connectivity index is 1.33. The molecule has 0 aromatic heterocycles. The van der Waals surface area contributed by atoms with Crippen LogP contribution in [0, 0.1) is 5.92 Å². The number of alkyl carbamates (subject to hydrolysis) is 1. The van der Waals surface area contributed by atoms with Crippen molar-refractivity contribution in [3.8, 4) is 0 Å². The first kappa shape index (κ1) is 43.3. The van der Waals surface area contributed by atoms with E-state index in [0.717, 1.165) is 27.8 Å². The summed E-state index contributed by atoms with van der Waals surface area (Å²) in [6.45, 7) is 3.88. The van der Waals surface area contributed by atoms with E-state index < -0.39 is 41.6 Å². The molecule has 4 N–H and O–H groups in total. The average molecular weight is 793 g/mol. The fraction of sp³-hybridized carbons (Fsp3) is 0.245. The van der Waals surface area contributed by atoms with Gasteiger partial charge in [0.2, 0.25) is 17.7 Å². The zero-order valence-corrected chi connectivity index (χ0v) is 33.5. The minimum atomic E-state index is -1.07. The van der Waals surface area contributed by atoms with Gasteiger partial charge in [-0.05, 0) is 52.7 Å². The van der Waals surface area contributed by atoms with E-state index in [1.165, 1.54) is 12.2 Å². The summed E-state index contributed by atoms with van der Waals surface area (Å²) < 4.78 is 5.40. The molecule has 3 atom stereocenters. The van der Waals surface area contributed by atoms with Crippen molar-refractivity contribution < 1.29 is 28.7 Å². The van der Waals surface area contributed by atoms with E-state index in [1.54, 1.807) is 0 Å². The van der Waals surface area contributed by atoms with Gasteiger partial charge in [0.05, 0.1) is 0 Å². The maximum absolute atomic E-state index is 14.2. The molecule has 0 aliphatic carbocycles. The number of rotatable bonds is 20. The van der Waals surface area contributed by atoms with Crippen LogP contribution in [-0.4, -0.2) is 48.2 Å². The molecule has 5 rings (SSSR count). The van der Waals surface area contributed by atoms with Crippen molar-refractivity contribution in [2.24, 2.45) is 5.92 Å². The Morgan fingerprint density at radius 1 is 0.610 bits per heavy atom. The smallest absolute Gasteiger partial charge is 0.408 e. The van der Waals surface area contributed by atoms with Gasteiger partial charge in [0.1, 0.15) is 30.5 Å². The molecule has 0 saturated carbocycles. The minimum Gasteiger partial charge on any atom is -0.445 e. The lowest BCUT2D eigenvalue weighted by Crippen LogP contribution is -2.55. The van der Waals surface area contributed by atoms with Gasteiger partial charge >= 0.3 is 6.09 Å². The summed E-state index contributed by atoms with van der Waals surface area (Å²) in [5, 5.41) is 11.8. The number of amides is 4. The van der Waals surface area contributed by atoms with Gasteiger partial charge in [0.25, 0.3) is 0 Å². The average Bonchev–Trinajstić information content (AvgIpc) is 3.26. The van der Waals surface area contributed by atoms with Crippen LogP contribution in [0.2, 0.25) is 0 Å². The van der Waals surface area contributed by atoms with E-state index in [-0.39, 0.29) is 37.7 Å². The maximum Gasteiger partial charge on any atom is 0.408 e. The van der Waals surface area contributed by atoms with Crippen LogP contribution >= 0.6 is 0 Å². The lowest BCUT2D eigenvalue weighted by atomic mass is 9.77. The Hall–Kier alpha value is -6.81. The van der Waals surface area contributed by atoms with Crippen molar-refractivity contribution in [2.75, 3.05) is 0 Å². The normalized spacial score (nSPS) is 12.8. The molecular weight excluding hydrogens is 741 g/mol. The third-order valence-electron chi connectivity index (χ3n) is 9.82. The lowest BCUT2D eigenvalue weighted by Gasteiger charge is -2.37. The molecule has 5 aromatic rings. The van der Waals surface area contributed by atoms with Gasteiger partial charge in [-0.3, -0.25) is 19.2 Å². The van der Waals surface area contributed by atoms with Crippen molar-refractivity contribution in [3.63, 3.8) is 0 Å². The van der Waals surface area contributed by atoms with E-state index in [0.29, 0.717) is 12.7 Å². The zero-order valence-electron chi connectivity index (χ0n) is 33.5. The van der Waals surface area contributed by atoms with E-state index in [9.17, 15) is 24.0 Å². The second-order valence-electron chi connectivity index (χ2n) is 14.7. The summed E-state index contributed by atoms with van der Waals surface area (Å²) in [7, 11) is 0. The molecule has 0 aliphatic rings. The molecule has 4 amide bonds. The van der Waals surface area contributed by atoms with Crippen LogP contribution < -0.4 is 21.3 Å². The van der Waals surface area contributed by atoms with Crippen molar-refractivity contribution in [1.29, 1.82) is 0 Å². The quantitative estimate of drug-likeness (QED) is 0.0374. The predicted octanol–water partition coefficient (Wildman–Crippen LogP) is 7.18. The summed E-state index contributed by atoms with van der Waals surface area (Å²) in [6.07, 6.45) is 3.23. The van der Waals surface area contributed by atoms with Crippen LogP contribution in [0.1, 0.15) is 60.9 Å². The highest BCUT2D eigenvalue weighted by molar-refractivity contribution is 5.91. The number of hydrogen-bond donors (Lipinski definition) is 4. The Morgan fingerprint density at radius 3 is 1.58 bits per heavy atom. The molecule has 0 heterocycles. The predicted molar refractivity (Wildman–Crippen MR) is 229 cm³/mol. The van der Waals surface area contributed by atoms with E-state index in [2.05, 4.69) is 21.3 Å². The lowest BCUT2D eigenvalue weighted by molar-refractivity contribution is -0.130. The van der Waals surface area contributed by atoms with Gasteiger partial charge < -0.3 is 26.0 Å². The van der Waals surface area contributed by atoms with Crippen molar-refractivity contribution in [3.05, 3.63) is 192 Å². The molecule has 0 fully saturated rings. The highest BCUT2D eigenvalue weighted by Crippen LogP contribution is 2.37. The first-order valence-electron chi connectivity index (χ1n) is 19.9. The number of hydrogen-bond acceptors (Lipinski definition) is 6. The van der Waals surface area contributed by atoms with Crippen molar-refractivity contribution in [1.82, 2.24) is 21.3 Å². The van der Waals surface area contributed by atoms with E-state index in [1.807, 2.05) is 166 Å². The number of allylic oxidation sites excluding steroid dienone is 1. The zero-order chi connectivity index (χ0) is 41.9. The molecule has 0 spiro atoms. The highest BCUT2D eigenvalue weighted by Gasteiger charge is 2.38. The summed E-state index contributed by atoms with van der Waals surface area (Å²) in [5.41, 5.74) is 3.16. The Bertz CT molecular complexity index is 2020. The Morgan fingerprint density at radius 2 is 1.08 bits per heavy atom. The molecule has 10 heteroatoms. The molecule has 0 saturated heterocycles. The fourth-order valence-electron chi connectivity index (χ4n) is 6.96. The number of benzene rings is 5. The van der Waals surface area contributed by atoms with Crippen LogP contribution in [0.3, 0.4) is 0 Å². The summed E-state index contributed by atoms with van der Waals surface area (Å²) in [5.74, 6) is -1.33. The van der Waals surface area contributed by atoms with Crippen LogP contribution in [-0.2, 0) is 42.5 Å². The highest BCUT2D eigenvalue weighted by atomic mass is 16.5. The van der Waals surface area contributed by atoms with Crippen LogP contribution in [0.15, 0.2) is 164 Å². The van der Waals surface area contributed by atoms with Gasteiger partial charge in [-0.2, -0.15) is 0 Å². The Kier molecular flexibility index (Phi) is 16.3. The molecule has 0 radical (unpaired) electrons. The van der Waals surface area contributed by atoms with Crippen molar-refractivity contribution in [2.45, 2.75) is 69.8 Å². The second kappa shape index (κ2) is 22.2. The Labute approximate surface area is 346 Å². The number of ether oxygens (including phenoxy) is 1. The standard InChI is InChI=1S/C49H52N4O6/c1-36(2)33-43(52-48(58)59-35-38-21-10-4-11-22-38)47(57)51-44(34-37-19-8-3-9-20-37)46(56)50-42(29-18-32-54)30-31-45(55)53-49(39-23-12-5-13-24-39,40-25-14-6-15-26-40)41-27-16-7-17-28-41/h3-29,32,36,42-44H,30-31,33-35H2,1-2H3,(H,50,56)(H,51,57)(H,52,58)(H,53,55)/b29-18+/t42-,43+,44+/m1/s1. The number of aldehydes is 1. The third-order valence-corrected chi connectivity index (χ3v) is 9.82. The largest absolute Gasteiger partial charge is 0.445 e. The molecule has 0 unspecified atom stereocenters. The van der Waals surface area contributed by atoms with Gasteiger partial charge in [0, 0.05) is 18.9 Å². The van der Waals surface area contributed by atoms with E-state index >= 15 is 0 Å². The molecule has 10 nitrogen and oxygen atoms in total. The molecule has 5 aromatic carbocycles. The van der Waals surface area contributed by atoms with Gasteiger partial charge in [0.15, 0.2) is 0 Å². The summed E-state index contributed by atoms with van der Waals surface area (Å²) in [4.78, 5) is 66.5. The molecule has 59 heavy (non-hydrogen) atoms. The topological polar surface area (TPSA) is 143 Å².